The Labute approximate surface area is 58.8 Å². The Morgan fingerprint density at radius 2 is 1.89 bits per heavy atom. The predicted octanol–water partition coefficient (Wildman–Crippen LogP) is 2.34. The molecule has 1 nitrogen and oxygen atoms in total. The van der Waals surface area contributed by atoms with E-state index in [1.165, 1.54) is 6.42 Å². The minimum atomic E-state index is 0.245. The van der Waals surface area contributed by atoms with E-state index >= 15 is 0 Å². The summed E-state index contributed by atoms with van der Waals surface area (Å²) in [4.78, 5) is 0. The third-order valence-electron chi connectivity index (χ3n) is 0.968. The molecule has 9 heavy (non-hydrogen) atoms. The molecule has 0 unspecified atom stereocenters. The predicted molar refractivity (Wildman–Crippen MR) is 42.1 cm³/mol. The number of unbranched alkanes of at least 4 members (excludes halogenated alkanes) is 1. The highest BCUT2D eigenvalue weighted by molar-refractivity contribution is 4.75. The SMILES string of the molecule is CCC[CH]NC(C)(C)C. The van der Waals surface area contributed by atoms with Crippen LogP contribution in [0, 0.1) is 6.54 Å². The number of nitrogens with one attached hydrogen (secondary N) is 1. The number of rotatable bonds is 3. The lowest BCUT2D eigenvalue weighted by Gasteiger charge is -2.19. The Balaban J connectivity index is 3.07. The third-order valence-corrected chi connectivity index (χ3v) is 0.968. The standard InChI is InChI=1S/C8H18N/c1-5-6-7-9-8(2,3)4/h7,9H,5-6H2,1-4H3. The molecule has 1 N–H and O–H groups in total. The molecule has 0 saturated heterocycles. The van der Waals surface area contributed by atoms with Crippen LogP contribution in [0.4, 0.5) is 0 Å². The van der Waals surface area contributed by atoms with Gasteiger partial charge in [-0.3, -0.25) is 0 Å². The highest BCUT2D eigenvalue weighted by Crippen LogP contribution is 2.00. The van der Waals surface area contributed by atoms with Crippen molar-refractivity contribution in [2.24, 2.45) is 0 Å². The summed E-state index contributed by atoms with van der Waals surface area (Å²) < 4.78 is 0. The molecule has 0 aliphatic carbocycles. The van der Waals surface area contributed by atoms with E-state index in [0.717, 1.165) is 6.42 Å². The van der Waals surface area contributed by atoms with Crippen molar-refractivity contribution in [2.45, 2.75) is 46.1 Å². The topological polar surface area (TPSA) is 12.0 Å². The maximum Gasteiger partial charge on any atom is 0.0226 e. The maximum absolute atomic E-state index is 3.30. The fourth-order valence-electron chi connectivity index (χ4n) is 0.523. The Bertz CT molecular complexity index is 61.5. The van der Waals surface area contributed by atoms with Crippen LogP contribution in [0.25, 0.3) is 0 Å². The molecule has 0 aromatic rings. The summed E-state index contributed by atoms with van der Waals surface area (Å²) in [6.45, 7) is 10.8. The summed E-state index contributed by atoms with van der Waals surface area (Å²) in [6.07, 6.45) is 2.39. The summed E-state index contributed by atoms with van der Waals surface area (Å²) in [5.41, 5.74) is 0.245. The molecule has 0 heterocycles. The van der Waals surface area contributed by atoms with Crippen LogP contribution < -0.4 is 5.32 Å². The lowest BCUT2D eigenvalue weighted by atomic mass is 10.1. The largest absolute Gasteiger partial charge is 0.308 e. The van der Waals surface area contributed by atoms with Gasteiger partial charge in [-0.1, -0.05) is 13.3 Å². The van der Waals surface area contributed by atoms with Gasteiger partial charge < -0.3 is 5.32 Å². The van der Waals surface area contributed by atoms with Crippen LogP contribution in [0.5, 0.6) is 0 Å². The molecule has 0 bridgehead atoms. The first-order valence-corrected chi connectivity index (χ1v) is 3.65. The lowest BCUT2D eigenvalue weighted by molar-refractivity contribution is 0.457. The lowest BCUT2D eigenvalue weighted by Crippen LogP contribution is -2.33. The van der Waals surface area contributed by atoms with E-state index in [4.69, 9.17) is 0 Å². The van der Waals surface area contributed by atoms with Gasteiger partial charge in [0.25, 0.3) is 0 Å². The molecular weight excluding hydrogens is 110 g/mol. The molecule has 55 valence electrons. The van der Waals surface area contributed by atoms with E-state index in [-0.39, 0.29) is 5.54 Å². The molecule has 0 fully saturated rings. The van der Waals surface area contributed by atoms with Gasteiger partial charge in [-0.25, -0.2) is 0 Å². The fraction of sp³-hybridized carbons (Fsp3) is 0.875. The van der Waals surface area contributed by atoms with E-state index in [0.29, 0.717) is 0 Å². The van der Waals surface area contributed by atoms with E-state index in [1.807, 2.05) is 0 Å². The van der Waals surface area contributed by atoms with Gasteiger partial charge in [-0.15, -0.1) is 0 Å². The Morgan fingerprint density at radius 1 is 1.33 bits per heavy atom. The molecule has 0 aliphatic rings. The van der Waals surface area contributed by atoms with Gasteiger partial charge in [-0.05, 0) is 27.2 Å². The van der Waals surface area contributed by atoms with Crippen LogP contribution in [-0.4, -0.2) is 5.54 Å². The van der Waals surface area contributed by atoms with E-state index < -0.39 is 0 Å². The molecule has 0 saturated carbocycles. The van der Waals surface area contributed by atoms with Crippen molar-refractivity contribution in [3.05, 3.63) is 6.54 Å². The van der Waals surface area contributed by atoms with Gasteiger partial charge in [0, 0.05) is 12.1 Å². The molecular formula is C8H18N. The first kappa shape index (κ1) is 8.96. The van der Waals surface area contributed by atoms with Crippen LogP contribution in [0.15, 0.2) is 0 Å². The zero-order chi connectivity index (χ0) is 7.33. The molecule has 1 radical (unpaired) electrons. The summed E-state index contributed by atoms with van der Waals surface area (Å²) in [7, 11) is 0. The van der Waals surface area contributed by atoms with Crippen LogP contribution >= 0.6 is 0 Å². The monoisotopic (exact) mass is 128 g/mol. The summed E-state index contributed by atoms with van der Waals surface area (Å²) in [5.74, 6) is 0. The zero-order valence-corrected chi connectivity index (χ0v) is 6.99. The molecule has 0 spiro atoms. The third kappa shape index (κ3) is 7.96. The van der Waals surface area contributed by atoms with Crippen molar-refractivity contribution in [1.29, 1.82) is 0 Å². The van der Waals surface area contributed by atoms with E-state index in [1.54, 1.807) is 0 Å². The Morgan fingerprint density at radius 3 is 2.22 bits per heavy atom. The van der Waals surface area contributed by atoms with Crippen molar-refractivity contribution in [1.82, 2.24) is 5.32 Å². The van der Waals surface area contributed by atoms with Crippen LogP contribution in [-0.2, 0) is 0 Å². The van der Waals surface area contributed by atoms with Gasteiger partial charge in [-0.2, -0.15) is 0 Å². The van der Waals surface area contributed by atoms with Gasteiger partial charge in [0.15, 0.2) is 0 Å². The maximum atomic E-state index is 3.30. The second-order valence-corrected chi connectivity index (χ2v) is 3.39. The van der Waals surface area contributed by atoms with Crippen molar-refractivity contribution in [3.8, 4) is 0 Å². The molecule has 0 aromatic carbocycles. The number of hydrogen-bond donors (Lipinski definition) is 1. The molecule has 0 amide bonds. The van der Waals surface area contributed by atoms with Crippen LogP contribution in [0.3, 0.4) is 0 Å². The minimum absolute atomic E-state index is 0.245. The summed E-state index contributed by atoms with van der Waals surface area (Å²) in [5, 5.41) is 3.30. The van der Waals surface area contributed by atoms with Gasteiger partial charge >= 0.3 is 0 Å². The Hall–Kier alpha value is -0.0400. The molecule has 0 rings (SSSR count). The zero-order valence-electron chi connectivity index (χ0n) is 6.99. The normalized spacial score (nSPS) is 12.0. The van der Waals surface area contributed by atoms with Crippen molar-refractivity contribution < 1.29 is 0 Å². The second-order valence-electron chi connectivity index (χ2n) is 3.39. The van der Waals surface area contributed by atoms with E-state index in [9.17, 15) is 0 Å². The molecule has 0 aliphatic heterocycles. The van der Waals surface area contributed by atoms with E-state index in [2.05, 4.69) is 39.6 Å². The first-order chi connectivity index (χ1) is 4.06. The highest BCUT2D eigenvalue weighted by Gasteiger charge is 2.06. The smallest absolute Gasteiger partial charge is 0.0226 e. The van der Waals surface area contributed by atoms with Gasteiger partial charge in [0.2, 0.25) is 0 Å². The molecule has 0 atom stereocenters. The fourth-order valence-corrected chi connectivity index (χ4v) is 0.523. The average Bonchev–Trinajstić information content (AvgIpc) is 1.63. The number of hydrogen-bond acceptors (Lipinski definition) is 1. The van der Waals surface area contributed by atoms with Crippen molar-refractivity contribution in [2.75, 3.05) is 0 Å². The quantitative estimate of drug-likeness (QED) is 0.575. The highest BCUT2D eigenvalue weighted by atomic mass is 14.9. The average molecular weight is 128 g/mol. The van der Waals surface area contributed by atoms with Crippen LogP contribution in [0.1, 0.15) is 40.5 Å². The molecule has 1 heteroatoms. The Kier molecular flexibility index (Phi) is 3.87. The summed E-state index contributed by atoms with van der Waals surface area (Å²) >= 11 is 0. The van der Waals surface area contributed by atoms with Crippen LogP contribution in [0.2, 0.25) is 0 Å². The van der Waals surface area contributed by atoms with Gasteiger partial charge in [0.05, 0.1) is 0 Å². The molecule has 0 aromatic heterocycles. The van der Waals surface area contributed by atoms with Crippen molar-refractivity contribution >= 4 is 0 Å². The summed E-state index contributed by atoms with van der Waals surface area (Å²) in [6, 6.07) is 0. The van der Waals surface area contributed by atoms with Crippen molar-refractivity contribution in [3.63, 3.8) is 0 Å². The minimum Gasteiger partial charge on any atom is -0.308 e. The van der Waals surface area contributed by atoms with Gasteiger partial charge in [0.1, 0.15) is 0 Å². The first-order valence-electron chi connectivity index (χ1n) is 3.65. The second kappa shape index (κ2) is 3.89.